The molecule has 0 spiro atoms. The zero-order valence-corrected chi connectivity index (χ0v) is 10.4. The fourth-order valence-electron chi connectivity index (χ4n) is 2.33. The van der Waals surface area contributed by atoms with Crippen LogP contribution in [0.3, 0.4) is 0 Å². The van der Waals surface area contributed by atoms with E-state index in [2.05, 4.69) is 42.1 Å². The topological polar surface area (TPSA) is 57.0 Å². The average Bonchev–Trinajstić information content (AvgIpc) is 2.68. The summed E-state index contributed by atoms with van der Waals surface area (Å²) in [6.07, 6.45) is 5.31. The minimum absolute atomic E-state index is 0.118. The largest absolute Gasteiger partial charge is 0.350 e. The van der Waals surface area contributed by atoms with E-state index in [0.29, 0.717) is 0 Å². The average molecular weight is 231 g/mol. The number of aromatic nitrogens is 1. The highest BCUT2D eigenvalue weighted by Gasteiger charge is 2.12. The summed E-state index contributed by atoms with van der Waals surface area (Å²) in [5.74, 6) is 0. The molecule has 17 heavy (non-hydrogen) atoms. The Morgan fingerprint density at radius 1 is 1.24 bits per heavy atom. The van der Waals surface area contributed by atoms with Crippen molar-refractivity contribution >= 4 is 10.9 Å². The second-order valence-electron chi connectivity index (χ2n) is 4.60. The van der Waals surface area contributed by atoms with Gasteiger partial charge in [0.15, 0.2) is 0 Å². The molecule has 0 aliphatic carbocycles. The van der Waals surface area contributed by atoms with Gasteiger partial charge < -0.3 is 16.0 Å². The minimum Gasteiger partial charge on any atom is -0.350 e. The van der Waals surface area contributed by atoms with Crippen molar-refractivity contribution in [3.63, 3.8) is 0 Å². The highest BCUT2D eigenvalue weighted by atomic mass is 14.9. The summed E-state index contributed by atoms with van der Waals surface area (Å²) in [7, 11) is 2.07. The van der Waals surface area contributed by atoms with Crippen LogP contribution in [0.15, 0.2) is 30.5 Å². The Bertz CT molecular complexity index is 487. The molecule has 2 rings (SSSR count). The monoisotopic (exact) mass is 231 g/mol. The summed E-state index contributed by atoms with van der Waals surface area (Å²) in [4.78, 5) is 0. The van der Waals surface area contributed by atoms with Gasteiger partial charge in [-0.05, 0) is 31.0 Å². The van der Waals surface area contributed by atoms with Crippen molar-refractivity contribution in [1.82, 2.24) is 4.57 Å². The smallest absolute Gasteiger partial charge is 0.0481 e. The molecule has 0 bridgehead atoms. The third kappa shape index (κ3) is 2.51. The molecule has 2 aromatic rings. The van der Waals surface area contributed by atoms with Gasteiger partial charge in [0.1, 0.15) is 0 Å². The Hall–Kier alpha value is -1.32. The quantitative estimate of drug-likeness (QED) is 0.776. The predicted octanol–water partition coefficient (Wildman–Crippen LogP) is 2.31. The number of benzene rings is 1. The molecule has 1 heterocycles. The maximum atomic E-state index is 6.26. The Morgan fingerprint density at radius 3 is 2.76 bits per heavy atom. The molecule has 0 fully saturated rings. The summed E-state index contributed by atoms with van der Waals surface area (Å²) >= 11 is 0. The van der Waals surface area contributed by atoms with Gasteiger partial charge in [0, 0.05) is 30.2 Å². The first kappa shape index (κ1) is 12.1. The van der Waals surface area contributed by atoms with E-state index < -0.39 is 0 Å². The molecule has 0 unspecified atom stereocenters. The first-order valence-electron chi connectivity index (χ1n) is 6.23. The van der Waals surface area contributed by atoms with Crippen LogP contribution in [-0.4, -0.2) is 11.1 Å². The Kier molecular flexibility index (Phi) is 3.82. The molecule has 1 aromatic heterocycles. The molecule has 0 aliphatic rings. The van der Waals surface area contributed by atoms with Crippen molar-refractivity contribution < 1.29 is 0 Å². The number of rotatable bonds is 5. The van der Waals surface area contributed by atoms with Gasteiger partial charge in [-0.3, -0.25) is 0 Å². The van der Waals surface area contributed by atoms with Gasteiger partial charge in [0.25, 0.3) is 0 Å². The lowest BCUT2D eigenvalue weighted by molar-refractivity contribution is 0.592. The lowest BCUT2D eigenvalue weighted by Gasteiger charge is -2.10. The number of hydrogen-bond acceptors (Lipinski definition) is 2. The van der Waals surface area contributed by atoms with Crippen LogP contribution >= 0.6 is 0 Å². The van der Waals surface area contributed by atoms with Gasteiger partial charge in [0.05, 0.1) is 0 Å². The van der Waals surface area contributed by atoms with Gasteiger partial charge >= 0.3 is 0 Å². The molecule has 1 aromatic carbocycles. The molecular formula is C14H21N3. The van der Waals surface area contributed by atoms with Crippen molar-refractivity contribution in [1.29, 1.82) is 0 Å². The van der Waals surface area contributed by atoms with Crippen molar-refractivity contribution in [2.45, 2.75) is 25.3 Å². The van der Waals surface area contributed by atoms with Crippen molar-refractivity contribution in [2.75, 3.05) is 6.54 Å². The van der Waals surface area contributed by atoms with Crippen LogP contribution in [0.1, 0.15) is 30.9 Å². The molecular weight excluding hydrogens is 210 g/mol. The normalized spacial score (nSPS) is 13.1. The third-order valence-corrected chi connectivity index (χ3v) is 3.30. The molecule has 3 heteroatoms. The van der Waals surface area contributed by atoms with Crippen LogP contribution in [0.5, 0.6) is 0 Å². The maximum Gasteiger partial charge on any atom is 0.0481 e. The summed E-state index contributed by atoms with van der Waals surface area (Å²) in [6.45, 7) is 0.752. The summed E-state index contributed by atoms with van der Waals surface area (Å²) < 4.78 is 2.15. The highest BCUT2D eigenvalue weighted by molar-refractivity contribution is 5.84. The standard InChI is InChI=1S/C14H21N3/c1-17-10-12(13(16)7-4-5-9-15)11-6-2-3-8-14(11)17/h2-3,6,8,10,13H,4-5,7,9,15-16H2,1H3/t13-/m0/s1. The Morgan fingerprint density at radius 2 is 2.00 bits per heavy atom. The molecule has 0 saturated heterocycles. The molecule has 1 atom stereocenters. The van der Waals surface area contributed by atoms with E-state index in [1.165, 1.54) is 16.5 Å². The lowest BCUT2D eigenvalue weighted by Crippen LogP contribution is -2.10. The fourth-order valence-corrected chi connectivity index (χ4v) is 2.33. The van der Waals surface area contributed by atoms with Gasteiger partial charge in [-0.25, -0.2) is 0 Å². The zero-order chi connectivity index (χ0) is 12.3. The van der Waals surface area contributed by atoms with Crippen molar-refractivity contribution in [2.24, 2.45) is 18.5 Å². The number of para-hydroxylation sites is 1. The van der Waals surface area contributed by atoms with E-state index in [1.807, 2.05) is 0 Å². The molecule has 0 radical (unpaired) electrons. The lowest BCUT2D eigenvalue weighted by atomic mass is 10.0. The number of nitrogens with two attached hydrogens (primary N) is 2. The van der Waals surface area contributed by atoms with E-state index in [0.717, 1.165) is 25.8 Å². The second-order valence-corrected chi connectivity index (χ2v) is 4.60. The van der Waals surface area contributed by atoms with Crippen LogP contribution in [0.2, 0.25) is 0 Å². The fraction of sp³-hybridized carbons (Fsp3) is 0.429. The van der Waals surface area contributed by atoms with Crippen LogP contribution < -0.4 is 11.5 Å². The number of unbranched alkanes of at least 4 members (excludes halogenated alkanes) is 1. The summed E-state index contributed by atoms with van der Waals surface area (Å²) in [5, 5.41) is 1.27. The number of aryl methyl sites for hydroxylation is 1. The molecule has 3 nitrogen and oxygen atoms in total. The van der Waals surface area contributed by atoms with Crippen molar-refractivity contribution in [3.05, 3.63) is 36.0 Å². The van der Waals surface area contributed by atoms with Crippen molar-refractivity contribution in [3.8, 4) is 0 Å². The highest BCUT2D eigenvalue weighted by Crippen LogP contribution is 2.27. The molecule has 0 amide bonds. The Labute approximate surface area is 102 Å². The van der Waals surface area contributed by atoms with Crippen LogP contribution in [0, 0.1) is 0 Å². The maximum absolute atomic E-state index is 6.26. The van der Waals surface area contributed by atoms with E-state index in [4.69, 9.17) is 11.5 Å². The number of hydrogen-bond donors (Lipinski definition) is 2. The third-order valence-electron chi connectivity index (χ3n) is 3.30. The van der Waals surface area contributed by atoms with Crippen LogP contribution in [0.4, 0.5) is 0 Å². The van der Waals surface area contributed by atoms with E-state index in [9.17, 15) is 0 Å². The van der Waals surface area contributed by atoms with E-state index in [1.54, 1.807) is 0 Å². The number of fused-ring (bicyclic) bond motifs is 1. The van der Waals surface area contributed by atoms with Gasteiger partial charge in [-0.15, -0.1) is 0 Å². The molecule has 4 N–H and O–H groups in total. The second kappa shape index (κ2) is 5.34. The SMILES string of the molecule is Cn1cc([C@@H](N)CCCCN)c2ccccc21. The van der Waals surface area contributed by atoms with E-state index >= 15 is 0 Å². The summed E-state index contributed by atoms with van der Waals surface area (Å²) in [6, 6.07) is 8.52. The number of nitrogens with zero attached hydrogens (tertiary/aromatic N) is 1. The first-order chi connectivity index (χ1) is 8.24. The molecule has 92 valence electrons. The minimum atomic E-state index is 0.118. The Balaban J connectivity index is 2.23. The predicted molar refractivity (Wildman–Crippen MR) is 72.8 cm³/mol. The van der Waals surface area contributed by atoms with Gasteiger partial charge in [-0.1, -0.05) is 24.6 Å². The summed E-state index contributed by atoms with van der Waals surface area (Å²) in [5.41, 5.74) is 14.3. The van der Waals surface area contributed by atoms with E-state index in [-0.39, 0.29) is 6.04 Å². The zero-order valence-electron chi connectivity index (χ0n) is 10.4. The van der Waals surface area contributed by atoms with Crippen LogP contribution in [0.25, 0.3) is 10.9 Å². The molecule has 0 aliphatic heterocycles. The van der Waals surface area contributed by atoms with Gasteiger partial charge in [-0.2, -0.15) is 0 Å². The van der Waals surface area contributed by atoms with Gasteiger partial charge in [0.2, 0.25) is 0 Å². The van der Waals surface area contributed by atoms with Crippen LogP contribution in [-0.2, 0) is 7.05 Å². The molecule has 0 saturated carbocycles. The first-order valence-corrected chi connectivity index (χ1v) is 6.23.